The highest BCUT2D eigenvalue weighted by molar-refractivity contribution is 6.37. The van der Waals surface area contributed by atoms with Crippen LogP contribution >= 0.6 is 0 Å². The molecule has 0 bridgehead atoms. The molecule has 5 heteroatoms. The van der Waals surface area contributed by atoms with Crippen LogP contribution in [0.15, 0.2) is 41.7 Å². The van der Waals surface area contributed by atoms with Crippen LogP contribution in [0.25, 0.3) is 10.9 Å². The zero-order valence-electron chi connectivity index (χ0n) is 10.5. The number of carbonyl (C=O) groups is 1. The molecule has 5 nitrogen and oxygen atoms in total. The van der Waals surface area contributed by atoms with Crippen molar-refractivity contribution in [2.24, 2.45) is 5.16 Å². The second-order valence-electron chi connectivity index (χ2n) is 3.93. The van der Waals surface area contributed by atoms with Gasteiger partial charge in [0.25, 0.3) is 0 Å². The van der Waals surface area contributed by atoms with Crippen molar-refractivity contribution in [2.45, 2.75) is 13.3 Å². The average Bonchev–Trinajstić information content (AvgIpc) is 2.45. The zero-order valence-corrected chi connectivity index (χ0v) is 10.5. The van der Waals surface area contributed by atoms with Gasteiger partial charge in [0, 0.05) is 18.0 Å². The second-order valence-corrected chi connectivity index (χ2v) is 3.93. The van der Waals surface area contributed by atoms with Gasteiger partial charge in [0.2, 0.25) is 0 Å². The van der Waals surface area contributed by atoms with Crippen molar-refractivity contribution in [1.82, 2.24) is 4.98 Å². The van der Waals surface area contributed by atoms with E-state index in [-0.39, 0.29) is 18.7 Å². The van der Waals surface area contributed by atoms with Crippen molar-refractivity contribution in [3.05, 3.63) is 42.1 Å². The lowest BCUT2D eigenvalue weighted by molar-refractivity contribution is -0.135. The predicted molar refractivity (Wildman–Crippen MR) is 71.3 cm³/mol. The number of ether oxygens (including phenoxy) is 1. The number of fused-ring (bicyclic) bond motifs is 1. The Balaban J connectivity index is 2.33. The molecule has 98 valence electrons. The van der Waals surface area contributed by atoms with Crippen LogP contribution in [0, 0.1) is 0 Å². The van der Waals surface area contributed by atoms with E-state index >= 15 is 0 Å². The highest BCUT2D eigenvalue weighted by Gasteiger charge is 2.15. The number of esters is 1. The fraction of sp³-hybridized carbons (Fsp3) is 0.214. The Hall–Kier alpha value is -2.43. The average molecular weight is 258 g/mol. The first-order chi connectivity index (χ1) is 9.26. The molecular weight excluding hydrogens is 244 g/mol. The molecule has 0 spiro atoms. The molecule has 19 heavy (non-hydrogen) atoms. The Morgan fingerprint density at radius 1 is 1.37 bits per heavy atom. The molecule has 1 aromatic carbocycles. The van der Waals surface area contributed by atoms with Crippen LogP contribution in [-0.4, -0.2) is 28.5 Å². The number of rotatable bonds is 4. The Labute approximate surface area is 110 Å². The maximum Gasteiger partial charge on any atom is 0.356 e. The summed E-state index contributed by atoms with van der Waals surface area (Å²) in [7, 11) is 0. The summed E-state index contributed by atoms with van der Waals surface area (Å²) in [5, 5.41) is 12.9. The van der Waals surface area contributed by atoms with E-state index in [0.29, 0.717) is 0 Å². The van der Waals surface area contributed by atoms with Gasteiger partial charge in [-0.25, -0.2) is 4.79 Å². The monoisotopic (exact) mass is 258 g/mol. The van der Waals surface area contributed by atoms with Crippen molar-refractivity contribution < 1.29 is 14.7 Å². The highest BCUT2D eigenvalue weighted by atomic mass is 16.5. The molecule has 0 atom stereocenters. The molecule has 1 heterocycles. The number of para-hydroxylation sites is 1. The number of aromatic nitrogens is 1. The van der Waals surface area contributed by atoms with Crippen molar-refractivity contribution in [1.29, 1.82) is 0 Å². The van der Waals surface area contributed by atoms with Crippen LogP contribution in [0.4, 0.5) is 0 Å². The summed E-state index contributed by atoms with van der Waals surface area (Å²) in [5.74, 6) is -0.606. The zero-order chi connectivity index (χ0) is 13.7. The van der Waals surface area contributed by atoms with Gasteiger partial charge in [-0.05, 0) is 24.6 Å². The molecule has 0 aliphatic carbocycles. The van der Waals surface area contributed by atoms with Crippen molar-refractivity contribution >= 4 is 22.6 Å². The van der Waals surface area contributed by atoms with Crippen molar-refractivity contribution in [3.63, 3.8) is 0 Å². The smallest absolute Gasteiger partial charge is 0.356 e. The van der Waals surface area contributed by atoms with Crippen molar-refractivity contribution in [2.75, 3.05) is 6.61 Å². The summed E-state index contributed by atoms with van der Waals surface area (Å²) in [6.45, 7) is 1.95. The normalized spacial score (nSPS) is 11.5. The van der Waals surface area contributed by atoms with E-state index in [1.807, 2.05) is 24.3 Å². The number of carbonyl (C=O) groups excluding carboxylic acids is 1. The third-order valence-electron chi connectivity index (χ3n) is 2.73. The van der Waals surface area contributed by atoms with Gasteiger partial charge in [-0.1, -0.05) is 23.4 Å². The quantitative estimate of drug-likeness (QED) is 0.395. The SMILES string of the molecule is CCOC(=O)/C(Cc1ccnc2ccccc12)=N\O. The first kappa shape index (κ1) is 13.0. The number of nitrogens with zero attached hydrogens (tertiary/aromatic N) is 2. The fourth-order valence-electron chi connectivity index (χ4n) is 1.85. The minimum Gasteiger partial charge on any atom is -0.461 e. The molecule has 0 aliphatic heterocycles. The van der Waals surface area contributed by atoms with Crippen LogP contribution in [0.1, 0.15) is 12.5 Å². The lowest BCUT2D eigenvalue weighted by Gasteiger charge is -2.07. The topological polar surface area (TPSA) is 71.8 Å². The van der Waals surface area contributed by atoms with Gasteiger partial charge in [0.05, 0.1) is 12.1 Å². The Bertz CT molecular complexity index is 618. The van der Waals surface area contributed by atoms with Crippen molar-refractivity contribution in [3.8, 4) is 0 Å². The van der Waals surface area contributed by atoms with Crippen LogP contribution in [0.5, 0.6) is 0 Å². The van der Waals surface area contributed by atoms with E-state index in [4.69, 9.17) is 9.94 Å². The Kier molecular flexibility index (Phi) is 4.07. The van der Waals surface area contributed by atoms with Crippen LogP contribution in [-0.2, 0) is 16.0 Å². The molecule has 0 aliphatic rings. The molecule has 0 fully saturated rings. The van der Waals surface area contributed by atoms with Crippen LogP contribution in [0.2, 0.25) is 0 Å². The van der Waals surface area contributed by atoms with Gasteiger partial charge >= 0.3 is 5.97 Å². The standard InChI is InChI=1S/C14H14N2O3/c1-2-19-14(17)13(16-18)9-10-7-8-15-12-6-4-3-5-11(10)12/h3-8,18H,2,9H2,1H3/b16-13-. The number of benzene rings is 1. The molecule has 0 unspecified atom stereocenters. The Morgan fingerprint density at radius 3 is 2.89 bits per heavy atom. The summed E-state index contributed by atoms with van der Waals surface area (Å²) in [4.78, 5) is 15.8. The van der Waals surface area contributed by atoms with E-state index < -0.39 is 5.97 Å². The minimum absolute atomic E-state index is 0.0156. The maximum atomic E-state index is 11.6. The molecule has 1 N–H and O–H groups in total. The lowest BCUT2D eigenvalue weighted by atomic mass is 10.0. The maximum absolute atomic E-state index is 11.6. The Morgan fingerprint density at radius 2 is 2.16 bits per heavy atom. The third kappa shape index (κ3) is 2.88. The molecular formula is C14H14N2O3. The largest absolute Gasteiger partial charge is 0.461 e. The fourth-order valence-corrected chi connectivity index (χ4v) is 1.85. The summed E-state index contributed by atoms with van der Waals surface area (Å²) >= 11 is 0. The summed E-state index contributed by atoms with van der Waals surface area (Å²) in [6, 6.07) is 9.39. The van der Waals surface area contributed by atoms with E-state index in [2.05, 4.69) is 10.1 Å². The summed E-state index contributed by atoms with van der Waals surface area (Å²) in [5.41, 5.74) is 1.69. The van der Waals surface area contributed by atoms with Gasteiger partial charge < -0.3 is 9.94 Å². The molecule has 0 radical (unpaired) electrons. The molecule has 0 saturated carbocycles. The van der Waals surface area contributed by atoms with Gasteiger partial charge in [0.15, 0.2) is 5.71 Å². The van der Waals surface area contributed by atoms with Gasteiger partial charge in [-0.3, -0.25) is 4.98 Å². The molecule has 0 saturated heterocycles. The number of pyridine rings is 1. The lowest BCUT2D eigenvalue weighted by Crippen LogP contribution is -2.20. The third-order valence-corrected chi connectivity index (χ3v) is 2.73. The highest BCUT2D eigenvalue weighted by Crippen LogP contribution is 2.17. The minimum atomic E-state index is -0.606. The second kappa shape index (κ2) is 5.95. The van der Waals surface area contributed by atoms with E-state index in [1.54, 1.807) is 19.2 Å². The summed E-state index contributed by atoms with van der Waals surface area (Å²) < 4.78 is 4.83. The first-order valence-corrected chi connectivity index (χ1v) is 5.97. The summed E-state index contributed by atoms with van der Waals surface area (Å²) in [6.07, 6.45) is 1.87. The van der Waals surface area contributed by atoms with Crippen LogP contribution in [0.3, 0.4) is 0 Å². The van der Waals surface area contributed by atoms with E-state index in [0.717, 1.165) is 16.5 Å². The van der Waals surface area contributed by atoms with Crippen LogP contribution < -0.4 is 0 Å². The molecule has 0 amide bonds. The molecule has 2 aromatic rings. The van der Waals surface area contributed by atoms with Gasteiger partial charge in [-0.2, -0.15) is 0 Å². The first-order valence-electron chi connectivity index (χ1n) is 5.97. The molecule has 2 rings (SSSR count). The number of hydrogen-bond acceptors (Lipinski definition) is 5. The van der Waals surface area contributed by atoms with Gasteiger partial charge in [0.1, 0.15) is 0 Å². The van der Waals surface area contributed by atoms with Gasteiger partial charge in [-0.15, -0.1) is 0 Å². The number of oxime groups is 1. The molecule has 1 aromatic heterocycles. The number of hydrogen-bond donors (Lipinski definition) is 1. The predicted octanol–water partition coefficient (Wildman–Crippen LogP) is 2.17. The van der Waals surface area contributed by atoms with E-state index in [9.17, 15) is 4.79 Å². The van der Waals surface area contributed by atoms with E-state index in [1.165, 1.54) is 0 Å².